The number of hydrogen-bond acceptors (Lipinski definition) is 7. The van der Waals surface area contributed by atoms with Crippen LogP contribution in [0.1, 0.15) is 18.9 Å². The molecule has 180 valence electrons. The summed E-state index contributed by atoms with van der Waals surface area (Å²) < 4.78 is 70.5. The van der Waals surface area contributed by atoms with E-state index in [0.29, 0.717) is 37.6 Å². The third kappa shape index (κ3) is 4.81. The van der Waals surface area contributed by atoms with Crippen LogP contribution in [0.15, 0.2) is 62.5 Å². The fourth-order valence-electron chi connectivity index (χ4n) is 4.11. The summed E-state index contributed by atoms with van der Waals surface area (Å²) in [5.41, 5.74) is 0.744. The van der Waals surface area contributed by atoms with Crippen LogP contribution >= 0.6 is 0 Å². The Kier molecular flexibility index (Phi) is 6.70. The van der Waals surface area contributed by atoms with Crippen LogP contribution < -0.4 is 9.80 Å². The number of alkyl halides is 3. The molecule has 34 heavy (non-hydrogen) atoms. The molecule has 1 unspecified atom stereocenters. The predicted octanol–water partition coefficient (Wildman–Crippen LogP) is 3.38. The summed E-state index contributed by atoms with van der Waals surface area (Å²) >= 11 is 2.42. The number of aromatic nitrogens is 1. The van der Waals surface area contributed by atoms with Crippen molar-refractivity contribution in [2.75, 3.05) is 35.8 Å². The Morgan fingerprint density at radius 3 is 2.53 bits per heavy atom. The zero-order valence-corrected chi connectivity index (χ0v) is 21.1. The number of anilines is 2. The van der Waals surface area contributed by atoms with Crippen molar-refractivity contribution >= 4 is 44.2 Å². The summed E-state index contributed by atoms with van der Waals surface area (Å²) in [4.78, 5) is 12.7. The molecule has 2 aliphatic heterocycles. The second-order valence-electron chi connectivity index (χ2n) is 7.90. The van der Waals surface area contributed by atoms with Gasteiger partial charge in [0.25, 0.3) is 0 Å². The Labute approximate surface area is 204 Å². The summed E-state index contributed by atoms with van der Waals surface area (Å²) in [5, 5.41) is 0. The van der Waals surface area contributed by atoms with Gasteiger partial charge in [-0.15, -0.1) is 0 Å². The number of amidine groups is 1. The van der Waals surface area contributed by atoms with Crippen LogP contribution in [-0.2, 0) is 20.8 Å². The number of hydrogen-bond donors (Lipinski definition) is 0. The summed E-state index contributed by atoms with van der Waals surface area (Å²) in [5.74, 6) is 0.351. The fraction of sp³-hybridized carbons (Fsp3) is 0.364. The molecule has 2 aliphatic rings. The molecular weight excluding hydrogens is 532 g/mol. The molecule has 3 heterocycles. The van der Waals surface area contributed by atoms with E-state index in [0.717, 1.165) is 28.4 Å². The van der Waals surface area contributed by atoms with E-state index in [1.54, 1.807) is 24.1 Å². The van der Waals surface area contributed by atoms with Gasteiger partial charge >= 0.3 is 205 Å². The summed E-state index contributed by atoms with van der Waals surface area (Å²) in [6.07, 6.45) is -1.19. The van der Waals surface area contributed by atoms with Gasteiger partial charge in [0.1, 0.15) is 0 Å². The number of sulfone groups is 1. The van der Waals surface area contributed by atoms with Crippen molar-refractivity contribution in [1.82, 2.24) is 4.98 Å². The zero-order chi connectivity index (χ0) is 24.7. The van der Waals surface area contributed by atoms with Crippen molar-refractivity contribution in [2.45, 2.75) is 30.5 Å². The van der Waals surface area contributed by atoms with Crippen molar-refractivity contribution in [2.24, 2.45) is 4.99 Å². The molecule has 0 spiro atoms. The molecule has 2 aromatic rings. The third-order valence-electron chi connectivity index (χ3n) is 5.65. The second-order valence-corrected chi connectivity index (χ2v) is 10.8. The van der Waals surface area contributed by atoms with Crippen molar-refractivity contribution in [3.63, 3.8) is 0 Å². The van der Waals surface area contributed by atoms with Gasteiger partial charge in [-0.05, 0) is 0 Å². The Morgan fingerprint density at radius 2 is 1.91 bits per heavy atom. The predicted molar refractivity (Wildman–Crippen MR) is 124 cm³/mol. The maximum atomic E-state index is 13.1. The number of benzene rings is 1. The zero-order valence-electron chi connectivity index (χ0n) is 18.5. The van der Waals surface area contributed by atoms with Crippen LogP contribution in [0.5, 0.6) is 0 Å². The molecule has 1 aromatic carbocycles. The monoisotopic (exact) mass is 554 g/mol. The van der Waals surface area contributed by atoms with Gasteiger partial charge < -0.3 is 0 Å². The SMILES string of the molecule is CCOC1=NC([As])=C2CCN(c3ncccc3S(C)(=O)=O)CC2N1c1ccc(C(F)(F)F)cc1. The molecule has 1 saturated heterocycles. The summed E-state index contributed by atoms with van der Waals surface area (Å²) in [6.45, 7) is 2.99. The minimum absolute atomic E-state index is 0.130. The van der Waals surface area contributed by atoms with Gasteiger partial charge in [-0.1, -0.05) is 0 Å². The van der Waals surface area contributed by atoms with Crippen molar-refractivity contribution in [3.8, 4) is 0 Å². The van der Waals surface area contributed by atoms with Crippen LogP contribution in [0.4, 0.5) is 24.7 Å². The topological polar surface area (TPSA) is 75.1 Å². The number of nitrogens with zero attached hydrogens (tertiary/aromatic N) is 4. The first-order valence-corrected chi connectivity index (χ1v) is 13.3. The quantitative estimate of drug-likeness (QED) is 0.540. The first-order valence-electron chi connectivity index (χ1n) is 10.5. The average Bonchev–Trinajstić information content (AvgIpc) is 2.78. The number of aliphatic imine (C=N–C) groups is 1. The molecule has 4 rings (SSSR count). The van der Waals surface area contributed by atoms with Crippen molar-refractivity contribution in [3.05, 3.63) is 58.2 Å². The summed E-state index contributed by atoms with van der Waals surface area (Å²) in [6, 6.07) is 7.88. The molecule has 7 nitrogen and oxygen atoms in total. The van der Waals surface area contributed by atoms with E-state index in [-0.39, 0.29) is 17.0 Å². The van der Waals surface area contributed by atoms with E-state index >= 15 is 0 Å². The van der Waals surface area contributed by atoms with Gasteiger partial charge in [-0.25, -0.2) is 0 Å². The average molecular weight is 554 g/mol. The van der Waals surface area contributed by atoms with E-state index in [2.05, 4.69) is 26.8 Å². The molecule has 2 radical (unpaired) electrons. The second kappa shape index (κ2) is 9.26. The molecule has 0 N–H and O–H groups in total. The number of ether oxygens (including phenoxy) is 1. The standard InChI is InChI=1S/C22H22AsF3N4O3S/c1-3-33-21-28-19(23)16-10-12-29(20-18(34(2,31)32)5-4-11-27-20)13-17(16)30(21)15-8-6-14(7-9-15)22(24,25)26/h4-9,11,17H,3,10,12-13H2,1-2H3. The number of piperidine rings is 1. The number of pyridine rings is 1. The van der Waals surface area contributed by atoms with E-state index < -0.39 is 21.6 Å². The van der Waals surface area contributed by atoms with Gasteiger partial charge in [-0.3, -0.25) is 0 Å². The Hall–Kier alpha value is -2.52. The van der Waals surface area contributed by atoms with Crippen LogP contribution in [0, 0.1) is 0 Å². The number of halogens is 3. The van der Waals surface area contributed by atoms with Gasteiger partial charge in [0.2, 0.25) is 0 Å². The molecule has 12 heteroatoms. The van der Waals surface area contributed by atoms with Gasteiger partial charge in [0.15, 0.2) is 0 Å². The van der Waals surface area contributed by atoms with Crippen LogP contribution in [-0.4, -0.2) is 68.3 Å². The van der Waals surface area contributed by atoms with Crippen LogP contribution in [0.2, 0.25) is 0 Å². The molecular formula is C22H22AsF3N4O3S. The van der Waals surface area contributed by atoms with E-state index in [9.17, 15) is 21.6 Å². The maximum absolute atomic E-state index is 13.1. The molecule has 1 aromatic heterocycles. The van der Waals surface area contributed by atoms with Gasteiger partial charge in [0, 0.05) is 0 Å². The fourth-order valence-corrected chi connectivity index (χ4v) is 5.68. The Morgan fingerprint density at radius 1 is 1.21 bits per heavy atom. The molecule has 0 bridgehead atoms. The number of fused-ring (bicyclic) bond motifs is 1. The molecule has 1 atom stereocenters. The molecule has 0 amide bonds. The van der Waals surface area contributed by atoms with E-state index in [1.807, 2.05) is 4.90 Å². The van der Waals surface area contributed by atoms with Gasteiger partial charge in [-0.2, -0.15) is 0 Å². The van der Waals surface area contributed by atoms with Crippen molar-refractivity contribution in [1.29, 1.82) is 0 Å². The molecule has 0 aliphatic carbocycles. The third-order valence-corrected chi connectivity index (χ3v) is 7.58. The minimum atomic E-state index is -4.45. The van der Waals surface area contributed by atoms with Gasteiger partial charge in [0.05, 0.1) is 0 Å². The first kappa shape index (κ1) is 24.6. The summed E-state index contributed by atoms with van der Waals surface area (Å²) in [7, 11) is -3.51. The normalized spacial score (nSPS) is 19.1. The van der Waals surface area contributed by atoms with Crippen LogP contribution in [0.25, 0.3) is 0 Å². The van der Waals surface area contributed by atoms with E-state index in [1.165, 1.54) is 18.2 Å². The first-order chi connectivity index (χ1) is 16.0. The molecule has 0 saturated carbocycles. The van der Waals surface area contributed by atoms with E-state index in [4.69, 9.17) is 4.74 Å². The Balaban J connectivity index is 1.75. The molecule has 1 fully saturated rings. The van der Waals surface area contributed by atoms with Crippen LogP contribution in [0.3, 0.4) is 0 Å². The number of rotatable bonds is 4. The van der Waals surface area contributed by atoms with Crippen molar-refractivity contribution < 1.29 is 26.3 Å². The Bertz CT molecular complexity index is 1250.